The Labute approximate surface area is 126 Å². The standard InChI is InChI=1S/C15H15NO4S/c1-3-20-13-8-10(4-6-12(13)19-2)15-16-9-11(21-15)5-7-14(17)18/h4-9H,3H2,1-2H3,(H,17,18)/b7-5+. The maximum Gasteiger partial charge on any atom is 0.328 e. The largest absolute Gasteiger partial charge is 0.493 e. The maximum atomic E-state index is 10.5. The van der Waals surface area contributed by atoms with Crippen LogP contribution in [0, 0.1) is 0 Å². The number of benzene rings is 1. The minimum absolute atomic E-state index is 0.546. The molecule has 0 radical (unpaired) electrons. The number of carbonyl (C=O) groups is 1. The first-order valence-electron chi connectivity index (χ1n) is 6.32. The highest BCUT2D eigenvalue weighted by Gasteiger charge is 2.09. The van der Waals surface area contributed by atoms with E-state index >= 15 is 0 Å². The molecule has 2 rings (SSSR count). The van der Waals surface area contributed by atoms with Crippen molar-refractivity contribution in [2.45, 2.75) is 6.92 Å². The van der Waals surface area contributed by atoms with Crippen molar-refractivity contribution in [3.8, 4) is 22.1 Å². The Hall–Kier alpha value is -2.34. The lowest BCUT2D eigenvalue weighted by Crippen LogP contribution is -1.95. The quantitative estimate of drug-likeness (QED) is 0.829. The normalized spacial score (nSPS) is 10.8. The summed E-state index contributed by atoms with van der Waals surface area (Å²) in [7, 11) is 1.59. The minimum atomic E-state index is -0.979. The van der Waals surface area contributed by atoms with Gasteiger partial charge in [0.2, 0.25) is 0 Å². The highest BCUT2D eigenvalue weighted by atomic mass is 32.1. The van der Waals surface area contributed by atoms with Crippen molar-refractivity contribution < 1.29 is 19.4 Å². The lowest BCUT2D eigenvalue weighted by molar-refractivity contribution is -0.131. The van der Waals surface area contributed by atoms with Gasteiger partial charge in [0.1, 0.15) is 5.01 Å². The van der Waals surface area contributed by atoms with Crippen molar-refractivity contribution in [3.63, 3.8) is 0 Å². The van der Waals surface area contributed by atoms with Crippen molar-refractivity contribution >= 4 is 23.4 Å². The summed E-state index contributed by atoms with van der Waals surface area (Å²) in [6, 6.07) is 5.59. The number of carboxylic acid groups (broad SMARTS) is 1. The summed E-state index contributed by atoms with van der Waals surface area (Å²) in [5, 5.41) is 9.41. The van der Waals surface area contributed by atoms with Crippen LogP contribution in [0.1, 0.15) is 11.8 Å². The Kier molecular flexibility index (Phi) is 4.94. The molecule has 21 heavy (non-hydrogen) atoms. The summed E-state index contributed by atoms with van der Waals surface area (Å²) >= 11 is 1.41. The third-order valence-electron chi connectivity index (χ3n) is 2.62. The molecule has 0 unspecified atom stereocenters. The number of hydrogen-bond donors (Lipinski definition) is 1. The second-order valence-corrected chi connectivity index (χ2v) is 5.10. The summed E-state index contributed by atoms with van der Waals surface area (Å²) in [6.45, 7) is 2.45. The Balaban J connectivity index is 2.29. The molecule has 1 aromatic carbocycles. The van der Waals surface area contributed by atoms with Gasteiger partial charge >= 0.3 is 5.97 Å². The van der Waals surface area contributed by atoms with Crippen molar-refractivity contribution in [2.75, 3.05) is 13.7 Å². The minimum Gasteiger partial charge on any atom is -0.493 e. The molecule has 1 heterocycles. The van der Waals surface area contributed by atoms with Gasteiger partial charge < -0.3 is 14.6 Å². The van der Waals surface area contributed by atoms with Gasteiger partial charge in [-0.25, -0.2) is 9.78 Å². The van der Waals surface area contributed by atoms with Crippen LogP contribution in [-0.4, -0.2) is 29.8 Å². The van der Waals surface area contributed by atoms with Crippen LogP contribution in [0.3, 0.4) is 0 Å². The van der Waals surface area contributed by atoms with Gasteiger partial charge in [-0.2, -0.15) is 0 Å². The van der Waals surface area contributed by atoms with Gasteiger partial charge in [0, 0.05) is 22.7 Å². The molecule has 0 aliphatic carbocycles. The molecule has 6 heteroatoms. The molecule has 2 aromatic rings. The fourth-order valence-electron chi connectivity index (χ4n) is 1.73. The summed E-state index contributed by atoms with van der Waals surface area (Å²) < 4.78 is 10.8. The van der Waals surface area contributed by atoms with E-state index in [-0.39, 0.29) is 0 Å². The zero-order chi connectivity index (χ0) is 15.2. The van der Waals surface area contributed by atoms with Gasteiger partial charge in [-0.05, 0) is 31.2 Å². The third kappa shape index (κ3) is 3.82. The fourth-order valence-corrected chi connectivity index (χ4v) is 2.54. The van der Waals surface area contributed by atoms with Crippen LogP contribution in [0.4, 0.5) is 0 Å². The van der Waals surface area contributed by atoms with Crippen LogP contribution in [0.5, 0.6) is 11.5 Å². The fraction of sp³-hybridized carbons (Fsp3) is 0.200. The molecule has 1 aromatic heterocycles. The number of aliphatic carboxylic acids is 1. The number of aromatic nitrogens is 1. The molecule has 0 bridgehead atoms. The van der Waals surface area contributed by atoms with Crippen LogP contribution in [-0.2, 0) is 4.79 Å². The Morgan fingerprint density at radius 2 is 2.24 bits per heavy atom. The zero-order valence-corrected chi connectivity index (χ0v) is 12.5. The van der Waals surface area contributed by atoms with Gasteiger partial charge in [0.15, 0.2) is 11.5 Å². The Morgan fingerprint density at radius 3 is 2.90 bits per heavy atom. The molecule has 0 atom stereocenters. The number of carboxylic acids is 1. The molecular weight excluding hydrogens is 290 g/mol. The predicted molar refractivity (Wildman–Crippen MR) is 81.9 cm³/mol. The van der Waals surface area contributed by atoms with E-state index in [1.165, 1.54) is 17.4 Å². The first-order valence-corrected chi connectivity index (χ1v) is 7.13. The van der Waals surface area contributed by atoms with Crippen molar-refractivity contribution in [2.24, 2.45) is 0 Å². The monoisotopic (exact) mass is 305 g/mol. The topological polar surface area (TPSA) is 68.7 Å². The lowest BCUT2D eigenvalue weighted by Gasteiger charge is -2.09. The van der Waals surface area contributed by atoms with E-state index in [1.807, 2.05) is 25.1 Å². The summed E-state index contributed by atoms with van der Waals surface area (Å²) in [5.74, 6) is 0.353. The Morgan fingerprint density at radius 1 is 1.43 bits per heavy atom. The third-order valence-corrected chi connectivity index (χ3v) is 3.64. The highest BCUT2D eigenvalue weighted by Crippen LogP contribution is 2.34. The van der Waals surface area contributed by atoms with Crippen LogP contribution >= 0.6 is 11.3 Å². The first kappa shape index (κ1) is 15.1. The molecule has 0 aliphatic heterocycles. The first-order chi connectivity index (χ1) is 10.1. The second kappa shape index (κ2) is 6.90. The summed E-state index contributed by atoms with van der Waals surface area (Å²) in [6.07, 6.45) is 4.26. The smallest absolute Gasteiger partial charge is 0.328 e. The number of rotatable bonds is 6. The lowest BCUT2D eigenvalue weighted by atomic mass is 10.2. The summed E-state index contributed by atoms with van der Waals surface area (Å²) in [4.78, 5) is 15.6. The number of nitrogens with zero attached hydrogens (tertiary/aromatic N) is 1. The molecule has 110 valence electrons. The predicted octanol–water partition coefficient (Wildman–Crippen LogP) is 3.32. The number of hydrogen-bond acceptors (Lipinski definition) is 5. The molecule has 0 spiro atoms. The van der Waals surface area contributed by atoms with E-state index in [9.17, 15) is 4.79 Å². The van der Waals surface area contributed by atoms with Crippen molar-refractivity contribution in [1.82, 2.24) is 4.98 Å². The van der Waals surface area contributed by atoms with E-state index in [4.69, 9.17) is 14.6 Å². The SMILES string of the molecule is CCOc1cc(-c2ncc(/C=C/C(=O)O)s2)ccc1OC. The van der Waals surface area contributed by atoms with E-state index in [1.54, 1.807) is 13.3 Å². The molecule has 0 aliphatic rings. The zero-order valence-electron chi connectivity index (χ0n) is 11.7. The van der Waals surface area contributed by atoms with E-state index in [0.717, 1.165) is 21.5 Å². The second-order valence-electron chi connectivity index (χ2n) is 4.04. The van der Waals surface area contributed by atoms with Gasteiger partial charge in [-0.3, -0.25) is 0 Å². The van der Waals surface area contributed by atoms with Gasteiger partial charge in [0.25, 0.3) is 0 Å². The van der Waals surface area contributed by atoms with Gasteiger partial charge in [-0.15, -0.1) is 11.3 Å². The number of ether oxygens (including phenoxy) is 2. The van der Waals surface area contributed by atoms with E-state index in [2.05, 4.69) is 4.98 Å². The molecule has 0 saturated carbocycles. The highest BCUT2D eigenvalue weighted by molar-refractivity contribution is 7.15. The van der Waals surface area contributed by atoms with E-state index in [0.29, 0.717) is 18.1 Å². The van der Waals surface area contributed by atoms with Crippen LogP contribution in [0.2, 0.25) is 0 Å². The molecular formula is C15H15NO4S. The van der Waals surface area contributed by atoms with Gasteiger partial charge in [0.05, 0.1) is 13.7 Å². The molecule has 5 nitrogen and oxygen atoms in total. The van der Waals surface area contributed by atoms with Crippen molar-refractivity contribution in [3.05, 3.63) is 35.3 Å². The molecule has 0 amide bonds. The maximum absolute atomic E-state index is 10.5. The average molecular weight is 305 g/mol. The number of thiazole rings is 1. The van der Waals surface area contributed by atoms with Crippen molar-refractivity contribution in [1.29, 1.82) is 0 Å². The molecule has 1 N–H and O–H groups in total. The van der Waals surface area contributed by atoms with E-state index < -0.39 is 5.97 Å². The van der Waals surface area contributed by atoms with Crippen LogP contribution in [0.25, 0.3) is 16.6 Å². The number of methoxy groups -OCH3 is 1. The van der Waals surface area contributed by atoms with Crippen LogP contribution < -0.4 is 9.47 Å². The average Bonchev–Trinajstić information content (AvgIpc) is 2.94. The summed E-state index contributed by atoms with van der Waals surface area (Å²) in [5.41, 5.74) is 0.902. The molecule has 0 fully saturated rings. The van der Waals surface area contributed by atoms with Gasteiger partial charge in [-0.1, -0.05) is 0 Å². The molecule has 0 saturated heterocycles. The van der Waals surface area contributed by atoms with Crippen LogP contribution in [0.15, 0.2) is 30.5 Å². The Bertz CT molecular complexity index is 663.